The summed E-state index contributed by atoms with van der Waals surface area (Å²) in [7, 11) is -2.39. The lowest BCUT2D eigenvalue weighted by Crippen LogP contribution is -2.13. The second-order valence-corrected chi connectivity index (χ2v) is 5.93. The predicted molar refractivity (Wildman–Crippen MR) is 76.1 cm³/mol. The Balaban J connectivity index is 2.30. The Kier molecular flexibility index (Phi) is 4.44. The minimum Gasteiger partial charge on any atom is -0.496 e. The van der Waals surface area contributed by atoms with E-state index in [0.717, 1.165) is 12.1 Å². The van der Waals surface area contributed by atoms with Crippen LogP contribution in [0.1, 0.15) is 5.56 Å². The topological polar surface area (TPSA) is 75.6 Å². The predicted octanol–water partition coefficient (Wildman–Crippen LogP) is 2.13. The van der Waals surface area contributed by atoms with Crippen molar-refractivity contribution in [1.29, 1.82) is 0 Å². The lowest BCUT2D eigenvalue weighted by atomic mass is 10.2. The molecule has 0 aromatic heterocycles. The van der Waals surface area contributed by atoms with E-state index in [1.54, 1.807) is 6.07 Å². The molecule has 0 spiro atoms. The summed E-state index contributed by atoms with van der Waals surface area (Å²) in [5.74, 6) is -0.139. The number of aliphatic hydroxyl groups excluding tert-OH is 1. The second-order valence-electron chi connectivity index (χ2n) is 4.24. The first-order chi connectivity index (χ1) is 9.96. The van der Waals surface area contributed by atoms with Crippen LogP contribution in [-0.2, 0) is 16.6 Å². The Morgan fingerprint density at radius 1 is 1.19 bits per heavy atom. The Bertz CT molecular complexity index is 729. The summed E-state index contributed by atoms with van der Waals surface area (Å²) in [4.78, 5) is -0.0471. The highest BCUT2D eigenvalue weighted by molar-refractivity contribution is 7.92. The van der Waals surface area contributed by atoms with Gasteiger partial charge in [-0.1, -0.05) is 6.07 Å². The van der Waals surface area contributed by atoms with E-state index in [-0.39, 0.29) is 17.2 Å². The summed E-state index contributed by atoms with van der Waals surface area (Å²) in [6, 6.07) is 9.03. The number of hydrogen-bond acceptors (Lipinski definition) is 4. The highest BCUT2D eigenvalue weighted by atomic mass is 32.2. The van der Waals surface area contributed by atoms with E-state index >= 15 is 0 Å². The summed E-state index contributed by atoms with van der Waals surface area (Å²) in [6.07, 6.45) is 0. The fourth-order valence-corrected chi connectivity index (χ4v) is 2.82. The number of methoxy groups -OCH3 is 1. The molecule has 7 heteroatoms. The molecule has 0 radical (unpaired) electrons. The van der Waals surface area contributed by atoms with Crippen LogP contribution in [0, 0.1) is 5.82 Å². The SMILES string of the molecule is COc1cc(NS(=O)(=O)c2ccc(F)cc2)ccc1CO. The minimum atomic E-state index is -3.81. The Morgan fingerprint density at radius 3 is 2.43 bits per heavy atom. The molecule has 21 heavy (non-hydrogen) atoms. The zero-order valence-electron chi connectivity index (χ0n) is 11.2. The normalized spacial score (nSPS) is 11.2. The number of aliphatic hydroxyl groups is 1. The van der Waals surface area contributed by atoms with Crippen molar-refractivity contribution in [3.8, 4) is 5.75 Å². The van der Waals surface area contributed by atoms with E-state index in [4.69, 9.17) is 9.84 Å². The van der Waals surface area contributed by atoms with Crippen LogP contribution in [0.5, 0.6) is 5.75 Å². The molecular weight excluding hydrogens is 297 g/mol. The molecule has 5 nitrogen and oxygen atoms in total. The maximum atomic E-state index is 12.8. The average Bonchev–Trinajstić information content (AvgIpc) is 2.47. The monoisotopic (exact) mass is 311 g/mol. The average molecular weight is 311 g/mol. The molecule has 0 atom stereocenters. The van der Waals surface area contributed by atoms with Crippen LogP contribution in [-0.4, -0.2) is 20.6 Å². The third-order valence-electron chi connectivity index (χ3n) is 2.83. The molecule has 2 N–H and O–H groups in total. The van der Waals surface area contributed by atoms with Crippen molar-refractivity contribution in [3.05, 3.63) is 53.8 Å². The number of anilines is 1. The Morgan fingerprint density at radius 2 is 1.86 bits per heavy atom. The molecule has 0 fully saturated rings. The molecule has 0 amide bonds. The van der Waals surface area contributed by atoms with Gasteiger partial charge in [-0.05, 0) is 30.3 Å². The van der Waals surface area contributed by atoms with Crippen molar-refractivity contribution in [3.63, 3.8) is 0 Å². The van der Waals surface area contributed by atoms with Crippen molar-refractivity contribution < 1.29 is 22.7 Å². The number of hydrogen-bond donors (Lipinski definition) is 2. The molecule has 0 unspecified atom stereocenters. The van der Waals surface area contributed by atoms with Crippen molar-refractivity contribution in [2.45, 2.75) is 11.5 Å². The second kappa shape index (κ2) is 6.11. The lowest BCUT2D eigenvalue weighted by Gasteiger charge is -2.11. The molecular formula is C14H14FNO4S. The Labute approximate surface area is 122 Å². The molecule has 112 valence electrons. The number of ether oxygens (including phenoxy) is 1. The summed E-state index contributed by atoms with van der Waals surface area (Å²) >= 11 is 0. The van der Waals surface area contributed by atoms with Gasteiger partial charge in [-0.25, -0.2) is 12.8 Å². The standard InChI is InChI=1S/C14H14FNO4S/c1-20-14-8-12(5-2-10(14)9-17)16-21(18,19)13-6-3-11(15)4-7-13/h2-8,16-17H,9H2,1H3. The van der Waals surface area contributed by atoms with Gasteiger partial charge < -0.3 is 9.84 Å². The largest absolute Gasteiger partial charge is 0.496 e. The van der Waals surface area contributed by atoms with Gasteiger partial charge in [0.1, 0.15) is 11.6 Å². The van der Waals surface area contributed by atoms with E-state index in [2.05, 4.69) is 4.72 Å². The van der Waals surface area contributed by atoms with Crippen molar-refractivity contribution >= 4 is 15.7 Å². The molecule has 2 rings (SSSR count). The van der Waals surface area contributed by atoms with Crippen molar-refractivity contribution in [2.75, 3.05) is 11.8 Å². The maximum Gasteiger partial charge on any atom is 0.261 e. The van der Waals surface area contributed by atoms with Crippen LogP contribution in [0.15, 0.2) is 47.4 Å². The third kappa shape index (κ3) is 3.50. The molecule has 0 heterocycles. The highest BCUT2D eigenvalue weighted by Gasteiger charge is 2.15. The molecule has 0 bridgehead atoms. The van der Waals surface area contributed by atoms with E-state index in [9.17, 15) is 12.8 Å². The number of nitrogens with one attached hydrogen (secondary N) is 1. The van der Waals surface area contributed by atoms with Gasteiger partial charge in [0.15, 0.2) is 0 Å². The summed E-state index contributed by atoms with van der Waals surface area (Å²) in [6.45, 7) is -0.214. The van der Waals surface area contributed by atoms with E-state index in [1.165, 1.54) is 31.4 Å². The highest BCUT2D eigenvalue weighted by Crippen LogP contribution is 2.25. The van der Waals surface area contributed by atoms with Crippen LogP contribution < -0.4 is 9.46 Å². The van der Waals surface area contributed by atoms with Crippen LogP contribution >= 0.6 is 0 Å². The van der Waals surface area contributed by atoms with E-state index < -0.39 is 15.8 Å². The van der Waals surface area contributed by atoms with Gasteiger partial charge in [-0.2, -0.15) is 0 Å². The quantitative estimate of drug-likeness (QED) is 0.887. The lowest BCUT2D eigenvalue weighted by molar-refractivity contribution is 0.274. The molecule has 2 aromatic rings. The van der Waals surface area contributed by atoms with Crippen LogP contribution in [0.4, 0.5) is 10.1 Å². The van der Waals surface area contributed by atoms with E-state index in [0.29, 0.717) is 11.3 Å². The fraction of sp³-hybridized carbons (Fsp3) is 0.143. The zero-order chi connectivity index (χ0) is 15.5. The molecule has 0 aliphatic carbocycles. The summed E-state index contributed by atoms with van der Waals surface area (Å²) < 4.78 is 44.6. The Hall–Kier alpha value is -2.12. The first-order valence-electron chi connectivity index (χ1n) is 6.02. The first-order valence-corrected chi connectivity index (χ1v) is 7.51. The van der Waals surface area contributed by atoms with Gasteiger partial charge in [-0.3, -0.25) is 4.72 Å². The van der Waals surface area contributed by atoms with Crippen molar-refractivity contribution in [1.82, 2.24) is 0 Å². The molecule has 0 aliphatic rings. The maximum absolute atomic E-state index is 12.8. The molecule has 0 saturated carbocycles. The third-order valence-corrected chi connectivity index (χ3v) is 4.23. The van der Waals surface area contributed by atoms with Crippen LogP contribution in [0.25, 0.3) is 0 Å². The number of sulfonamides is 1. The van der Waals surface area contributed by atoms with E-state index in [1.807, 2.05) is 0 Å². The number of halogens is 1. The van der Waals surface area contributed by atoms with Crippen molar-refractivity contribution in [2.24, 2.45) is 0 Å². The molecule has 0 aliphatic heterocycles. The first kappa shape index (κ1) is 15.3. The van der Waals surface area contributed by atoms with Crippen LogP contribution in [0.3, 0.4) is 0 Å². The molecule has 0 saturated heterocycles. The van der Waals surface area contributed by atoms with Gasteiger partial charge in [-0.15, -0.1) is 0 Å². The zero-order valence-corrected chi connectivity index (χ0v) is 12.0. The van der Waals surface area contributed by atoms with Crippen LogP contribution in [0.2, 0.25) is 0 Å². The van der Waals surface area contributed by atoms with Gasteiger partial charge in [0.05, 0.1) is 24.3 Å². The number of rotatable bonds is 5. The summed E-state index contributed by atoms with van der Waals surface area (Å²) in [5.41, 5.74) is 0.829. The van der Waals surface area contributed by atoms with Gasteiger partial charge in [0, 0.05) is 11.6 Å². The van der Waals surface area contributed by atoms with Gasteiger partial charge in [0.2, 0.25) is 0 Å². The smallest absolute Gasteiger partial charge is 0.261 e. The van der Waals surface area contributed by atoms with Gasteiger partial charge in [0.25, 0.3) is 10.0 Å². The fourth-order valence-electron chi connectivity index (χ4n) is 1.77. The number of benzene rings is 2. The summed E-state index contributed by atoms with van der Waals surface area (Å²) in [5, 5.41) is 9.12. The van der Waals surface area contributed by atoms with Gasteiger partial charge >= 0.3 is 0 Å². The molecule has 2 aromatic carbocycles. The minimum absolute atomic E-state index is 0.0471.